The van der Waals surface area contributed by atoms with Gasteiger partial charge in [0.15, 0.2) is 5.79 Å². The Labute approximate surface area is 301 Å². The van der Waals surface area contributed by atoms with Crippen molar-refractivity contribution in [2.75, 3.05) is 19.7 Å². The fourth-order valence-electron chi connectivity index (χ4n) is 9.64. The lowest BCUT2D eigenvalue weighted by Crippen LogP contribution is -2.45. The smallest absolute Gasteiger partial charge is 0.338 e. The van der Waals surface area contributed by atoms with Crippen LogP contribution in [0.5, 0.6) is 0 Å². The van der Waals surface area contributed by atoms with Gasteiger partial charge < -0.3 is 34.7 Å². The highest BCUT2D eigenvalue weighted by Crippen LogP contribution is 2.61. The molecule has 7 aliphatic rings. The fraction of sp³-hybridized carbons (Fsp3) is 0.683. The summed E-state index contributed by atoms with van der Waals surface area (Å²) in [6, 6.07) is 7.70. The van der Waals surface area contributed by atoms with Crippen LogP contribution in [0, 0.1) is 29.1 Å². The van der Waals surface area contributed by atoms with Crippen molar-refractivity contribution >= 4 is 23.9 Å². The molecule has 7 atom stereocenters. The Morgan fingerprint density at radius 3 is 2.49 bits per heavy atom. The number of fused-ring (bicyclic) bond motifs is 3. The average Bonchev–Trinajstić information content (AvgIpc) is 4.01. The van der Waals surface area contributed by atoms with Gasteiger partial charge in [-0.1, -0.05) is 37.6 Å². The Kier molecular flexibility index (Phi) is 9.21. The van der Waals surface area contributed by atoms with Gasteiger partial charge in [0, 0.05) is 43.3 Å². The summed E-state index contributed by atoms with van der Waals surface area (Å²) < 4.78 is 25.9. The maximum absolute atomic E-state index is 13.9. The first kappa shape index (κ1) is 35.0. The predicted octanol–water partition coefficient (Wildman–Crippen LogP) is 5.23. The van der Waals surface area contributed by atoms with Gasteiger partial charge in [0.05, 0.1) is 23.9 Å². The number of allylic oxidation sites excluding steroid dienone is 1. The second-order valence-electron chi connectivity index (χ2n) is 17.1. The number of hydrogen-bond acceptors (Lipinski definition) is 8. The minimum Gasteiger partial charge on any atom is -0.456 e. The zero-order valence-corrected chi connectivity index (χ0v) is 30.3. The number of carbonyl (C=O) groups is 3. The first-order valence-electron chi connectivity index (χ1n) is 19.4. The normalized spacial score (nSPS) is 35.4. The molecule has 276 valence electrons. The Bertz CT molecular complexity index is 1600. The number of amides is 2. The van der Waals surface area contributed by atoms with Gasteiger partial charge in [0.2, 0.25) is 11.8 Å². The minimum atomic E-state index is -0.706. The van der Waals surface area contributed by atoms with Gasteiger partial charge in [0.1, 0.15) is 18.3 Å². The highest BCUT2D eigenvalue weighted by Gasteiger charge is 2.64. The third-order valence-electron chi connectivity index (χ3n) is 12.9. The van der Waals surface area contributed by atoms with E-state index in [0.29, 0.717) is 46.3 Å². The third kappa shape index (κ3) is 7.06. The van der Waals surface area contributed by atoms with Crippen molar-refractivity contribution < 1.29 is 38.4 Å². The third-order valence-corrected chi connectivity index (χ3v) is 12.9. The number of aliphatic hydroxyl groups excluding tert-OH is 1. The summed E-state index contributed by atoms with van der Waals surface area (Å²) in [6.45, 7) is 7.23. The van der Waals surface area contributed by atoms with Gasteiger partial charge in [0.25, 0.3) is 0 Å². The average molecular weight is 703 g/mol. The van der Waals surface area contributed by atoms with E-state index in [4.69, 9.17) is 24.1 Å². The molecular formula is C41H54N2O8. The van der Waals surface area contributed by atoms with E-state index in [1.807, 2.05) is 18.2 Å². The van der Waals surface area contributed by atoms with Crippen molar-refractivity contribution in [3.8, 4) is 0 Å². The lowest BCUT2D eigenvalue weighted by atomic mass is 9.52. The van der Waals surface area contributed by atoms with Crippen LogP contribution in [0.4, 0.5) is 0 Å². The Hall–Kier alpha value is -3.05. The largest absolute Gasteiger partial charge is 0.456 e. The van der Waals surface area contributed by atoms with Crippen LogP contribution >= 0.6 is 0 Å². The number of hydrogen-bond donors (Lipinski definition) is 3. The van der Waals surface area contributed by atoms with Gasteiger partial charge in [-0.05, 0) is 106 Å². The molecule has 1 aromatic rings. The summed E-state index contributed by atoms with van der Waals surface area (Å²) >= 11 is 0. The molecule has 0 bridgehead atoms. The van der Waals surface area contributed by atoms with Crippen molar-refractivity contribution in [2.45, 2.75) is 127 Å². The van der Waals surface area contributed by atoms with Crippen LogP contribution in [-0.4, -0.2) is 78.4 Å². The van der Waals surface area contributed by atoms with Crippen LogP contribution in [0.2, 0.25) is 0 Å². The van der Waals surface area contributed by atoms with Crippen molar-refractivity contribution in [3.63, 3.8) is 0 Å². The number of nitrogens with one attached hydrogen (secondary N) is 2. The van der Waals surface area contributed by atoms with Crippen molar-refractivity contribution in [2.24, 2.45) is 29.1 Å². The highest BCUT2D eigenvalue weighted by molar-refractivity contribution is 5.94. The molecule has 51 heavy (non-hydrogen) atoms. The van der Waals surface area contributed by atoms with E-state index < -0.39 is 30.1 Å². The fourth-order valence-corrected chi connectivity index (χ4v) is 9.64. The molecule has 1 unspecified atom stereocenters. The van der Waals surface area contributed by atoms with E-state index in [1.54, 1.807) is 6.07 Å². The van der Waals surface area contributed by atoms with Crippen molar-refractivity contribution in [1.82, 2.24) is 10.6 Å². The minimum absolute atomic E-state index is 0.0331. The summed E-state index contributed by atoms with van der Waals surface area (Å²) in [4.78, 5) is 39.3. The molecule has 1 aromatic carbocycles. The topological polar surface area (TPSA) is 136 Å². The Balaban J connectivity index is 0.986. The molecule has 4 saturated carbocycles. The molecule has 2 saturated heterocycles. The van der Waals surface area contributed by atoms with Crippen LogP contribution in [-0.2, 0) is 28.5 Å². The Morgan fingerprint density at radius 2 is 1.76 bits per heavy atom. The molecule has 0 spiro atoms. The summed E-state index contributed by atoms with van der Waals surface area (Å²) in [5, 5.41) is 14.4. The second kappa shape index (κ2) is 13.4. The highest BCUT2D eigenvalue weighted by atomic mass is 16.8. The van der Waals surface area contributed by atoms with Crippen LogP contribution in [0.1, 0.15) is 107 Å². The molecule has 0 radical (unpaired) electrons. The molecule has 8 rings (SSSR count). The standard InChI is InChI=1S/C41H54N2O8/c1-39(2)23-30-25(7-12-34-40(3,50-34)15-13-31(30)39)19-24-5-4-6-26(20-24)38(47)48-32-21-27(37(46)43-16-14-35(45)42-17-18-44)22-33-36(32)51-41(49-33,28-8-9-28)29-10-11-29/h4-6,19-20,22,28-34,36,44H,7-18,21,23H2,1-3H3,(H,42,45)(H,43,46)/t30-,31-,32-,33-,34?,36+,40-/m1/s1. The molecular weight excluding hydrogens is 648 g/mol. The quantitative estimate of drug-likeness (QED) is 0.211. The lowest BCUT2D eigenvalue weighted by Gasteiger charge is -2.53. The van der Waals surface area contributed by atoms with Crippen LogP contribution in [0.15, 0.2) is 41.5 Å². The van der Waals surface area contributed by atoms with E-state index in [1.165, 1.54) is 18.4 Å². The molecule has 2 aliphatic heterocycles. The van der Waals surface area contributed by atoms with Crippen LogP contribution in [0.3, 0.4) is 0 Å². The second-order valence-corrected chi connectivity index (χ2v) is 17.1. The Morgan fingerprint density at radius 1 is 0.980 bits per heavy atom. The number of aliphatic hydroxyl groups is 1. The van der Waals surface area contributed by atoms with Gasteiger partial charge in [-0.2, -0.15) is 0 Å². The van der Waals surface area contributed by atoms with E-state index in [9.17, 15) is 14.4 Å². The SMILES string of the molecule is CC1(C)C[C@@H]2C(=Cc3cccc(C(=O)O[C@@H]4CC(C(=O)NCCC(=O)NCCO)=C[C@H]5OC(C6CC6)(C6CC6)O[C@H]54)c3)CCC3O[C@]3(C)CC[C@H]21. The predicted molar refractivity (Wildman–Crippen MR) is 189 cm³/mol. The van der Waals surface area contributed by atoms with Crippen molar-refractivity contribution in [1.29, 1.82) is 0 Å². The van der Waals surface area contributed by atoms with E-state index in [2.05, 4.69) is 43.5 Å². The molecule has 2 heterocycles. The van der Waals surface area contributed by atoms with Crippen LogP contribution < -0.4 is 10.6 Å². The number of benzene rings is 1. The van der Waals surface area contributed by atoms with Gasteiger partial charge in [-0.3, -0.25) is 9.59 Å². The zero-order chi connectivity index (χ0) is 35.5. The summed E-state index contributed by atoms with van der Waals surface area (Å²) in [5.74, 6) is 0.120. The van der Waals surface area contributed by atoms with Gasteiger partial charge >= 0.3 is 5.97 Å². The molecule has 2 amide bonds. The van der Waals surface area contributed by atoms with E-state index in [0.717, 1.165) is 50.5 Å². The molecule has 10 nitrogen and oxygen atoms in total. The van der Waals surface area contributed by atoms with E-state index >= 15 is 0 Å². The summed E-state index contributed by atoms with van der Waals surface area (Å²) in [6.07, 6.45) is 12.7. The number of carbonyl (C=O) groups excluding carboxylic acids is 3. The van der Waals surface area contributed by atoms with E-state index in [-0.39, 0.29) is 50.0 Å². The first-order valence-corrected chi connectivity index (χ1v) is 19.4. The summed E-state index contributed by atoms with van der Waals surface area (Å²) in [7, 11) is 0. The van der Waals surface area contributed by atoms with Gasteiger partial charge in [-0.25, -0.2) is 4.79 Å². The number of rotatable bonds is 11. The molecule has 10 heteroatoms. The monoisotopic (exact) mass is 702 g/mol. The van der Waals surface area contributed by atoms with Gasteiger partial charge in [-0.15, -0.1) is 0 Å². The molecule has 3 N–H and O–H groups in total. The number of esters is 1. The molecule has 5 aliphatic carbocycles. The zero-order valence-electron chi connectivity index (χ0n) is 30.3. The maximum Gasteiger partial charge on any atom is 0.338 e. The number of ether oxygens (including phenoxy) is 4. The van der Waals surface area contributed by atoms with Crippen LogP contribution in [0.25, 0.3) is 6.08 Å². The summed E-state index contributed by atoms with van der Waals surface area (Å²) in [5.41, 5.74) is 3.73. The lowest BCUT2D eigenvalue weighted by molar-refractivity contribution is -0.209. The molecule has 0 aromatic heterocycles. The maximum atomic E-state index is 13.9. The number of epoxide rings is 1. The first-order chi connectivity index (χ1) is 24.5. The molecule has 6 fully saturated rings. The van der Waals surface area contributed by atoms with Crippen molar-refractivity contribution in [3.05, 3.63) is 52.6 Å².